The zero-order valence-corrected chi connectivity index (χ0v) is 11.7. The molecule has 4 nitrogen and oxygen atoms in total. The van der Waals surface area contributed by atoms with E-state index in [-0.39, 0.29) is 0 Å². The summed E-state index contributed by atoms with van der Waals surface area (Å²) in [7, 11) is 2.04. The van der Waals surface area contributed by atoms with E-state index in [4.69, 9.17) is 5.11 Å². The van der Waals surface area contributed by atoms with Crippen LogP contribution in [-0.2, 0) is 13.1 Å². The highest BCUT2D eigenvalue weighted by Gasteiger charge is 2.08. The van der Waals surface area contributed by atoms with Crippen LogP contribution in [0.15, 0.2) is 42.7 Å². The molecular weight excluding hydrogens is 252 g/mol. The van der Waals surface area contributed by atoms with Gasteiger partial charge in [0.15, 0.2) is 0 Å². The van der Waals surface area contributed by atoms with Crippen LogP contribution in [0.25, 0.3) is 0 Å². The molecule has 4 heteroatoms. The maximum absolute atomic E-state index is 10.9. The summed E-state index contributed by atoms with van der Waals surface area (Å²) in [5, 5.41) is 8.96. The molecule has 0 unspecified atom stereocenters. The number of aromatic carboxylic acids is 1. The predicted molar refractivity (Wildman–Crippen MR) is 77.5 cm³/mol. The van der Waals surface area contributed by atoms with Crippen molar-refractivity contribution in [3.05, 3.63) is 65.0 Å². The van der Waals surface area contributed by atoms with Crippen molar-refractivity contribution in [3.63, 3.8) is 0 Å². The Hall–Kier alpha value is -2.20. The van der Waals surface area contributed by atoms with Gasteiger partial charge in [-0.05, 0) is 48.9 Å². The van der Waals surface area contributed by atoms with Gasteiger partial charge in [0.25, 0.3) is 0 Å². The van der Waals surface area contributed by atoms with E-state index in [0.717, 1.165) is 29.8 Å². The number of pyridine rings is 1. The first-order valence-corrected chi connectivity index (χ1v) is 6.46. The van der Waals surface area contributed by atoms with E-state index in [0.29, 0.717) is 5.56 Å². The van der Waals surface area contributed by atoms with Crippen molar-refractivity contribution in [3.8, 4) is 0 Å². The highest BCUT2D eigenvalue weighted by atomic mass is 16.4. The summed E-state index contributed by atoms with van der Waals surface area (Å²) in [4.78, 5) is 17.2. The lowest BCUT2D eigenvalue weighted by atomic mass is 10.0. The summed E-state index contributed by atoms with van der Waals surface area (Å²) in [5.41, 5.74) is 3.64. The first-order valence-electron chi connectivity index (χ1n) is 6.46. The van der Waals surface area contributed by atoms with E-state index in [2.05, 4.69) is 9.88 Å². The second-order valence-corrected chi connectivity index (χ2v) is 4.98. The third-order valence-electron chi connectivity index (χ3n) is 3.21. The number of hydrogen-bond acceptors (Lipinski definition) is 3. The van der Waals surface area contributed by atoms with E-state index < -0.39 is 5.97 Å². The topological polar surface area (TPSA) is 53.4 Å². The molecule has 0 aliphatic rings. The average molecular weight is 270 g/mol. The first-order chi connectivity index (χ1) is 9.56. The van der Waals surface area contributed by atoms with Gasteiger partial charge in [0.05, 0.1) is 5.56 Å². The Morgan fingerprint density at radius 2 is 2.10 bits per heavy atom. The van der Waals surface area contributed by atoms with E-state index >= 15 is 0 Å². The van der Waals surface area contributed by atoms with Crippen LogP contribution in [0, 0.1) is 6.92 Å². The van der Waals surface area contributed by atoms with Gasteiger partial charge in [-0.2, -0.15) is 0 Å². The minimum Gasteiger partial charge on any atom is -0.478 e. The van der Waals surface area contributed by atoms with Crippen LogP contribution in [0.3, 0.4) is 0 Å². The maximum Gasteiger partial charge on any atom is 0.335 e. The van der Waals surface area contributed by atoms with Crippen LogP contribution in [0.4, 0.5) is 0 Å². The van der Waals surface area contributed by atoms with Crippen LogP contribution < -0.4 is 0 Å². The van der Waals surface area contributed by atoms with Crippen molar-refractivity contribution in [2.45, 2.75) is 20.0 Å². The number of aryl methyl sites for hydroxylation is 1. The van der Waals surface area contributed by atoms with Gasteiger partial charge in [-0.1, -0.05) is 12.1 Å². The molecule has 20 heavy (non-hydrogen) atoms. The Morgan fingerprint density at radius 3 is 2.70 bits per heavy atom. The molecule has 0 amide bonds. The number of carboxylic acid groups (broad SMARTS) is 1. The fourth-order valence-electron chi connectivity index (χ4n) is 2.16. The lowest BCUT2D eigenvalue weighted by Crippen LogP contribution is -2.18. The van der Waals surface area contributed by atoms with Gasteiger partial charge in [-0.15, -0.1) is 0 Å². The molecular formula is C16H18N2O2. The average Bonchev–Trinajstić information content (AvgIpc) is 2.42. The summed E-state index contributed by atoms with van der Waals surface area (Å²) in [5.74, 6) is -0.886. The van der Waals surface area contributed by atoms with Crippen molar-refractivity contribution < 1.29 is 9.90 Å². The second-order valence-electron chi connectivity index (χ2n) is 4.98. The third-order valence-corrected chi connectivity index (χ3v) is 3.21. The van der Waals surface area contributed by atoms with Crippen molar-refractivity contribution >= 4 is 5.97 Å². The van der Waals surface area contributed by atoms with Crippen LogP contribution in [0.1, 0.15) is 27.0 Å². The van der Waals surface area contributed by atoms with Gasteiger partial charge in [0, 0.05) is 25.5 Å². The Bertz CT molecular complexity index is 597. The molecule has 0 saturated heterocycles. The van der Waals surface area contributed by atoms with E-state index in [1.165, 1.54) is 0 Å². The molecule has 0 atom stereocenters. The lowest BCUT2D eigenvalue weighted by Gasteiger charge is -2.18. The summed E-state index contributed by atoms with van der Waals surface area (Å²) in [6, 6.07) is 9.23. The molecule has 0 radical (unpaired) electrons. The molecule has 1 aromatic carbocycles. The fraction of sp³-hybridized carbons (Fsp3) is 0.250. The standard InChI is InChI=1S/C16H18N2O2/c1-12-8-14(16(19)20)5-6-15(12)11-18(2)10-13-4-3-7-17-9-13/h3-9H,10-11H2,1-2H3,(H,19,20). The minimum absolute atomic E-state index is 0.334. The molecule has 2 aromatic rings. The molecule has 0 aliphatic carbocycles. The molecule has 0 bridgehead atoms. The number of carbonyl (C=O) groups is 1. The van der Waals surface area contributed by atoms with Crippen molar-refractivity contribution in [2.75, 3.05) is 7.05 Å². The Balaban J connectivity index is 2.04. The highest BCUT2D eigenvalue weighted by molar-refractivity contribution is 5.87. The van der Waals surface area contributed by atoms with Gasteiger partial charge < -0.3 is 5.11 Å². The molecule has 0 saturated carbocycles. The number of carboxylic acids is 1. The maximum atomic E-state index is 10.9. The van der Waals surface area contributed by atoms with Gasteiger partial charge >= 0.3 is 5.97 Å². The number of nitrogens with zero attached hydrogens (tertiary/aromatic N) is 2. The summed E-state index contributed by atoms with van der Waals surface area (Å²) in [6.45, 7) is 3.54. The predicted octanol–water partition coefficient (Wildman–Crippen LogP) is 2.72. The largest absolute Gasteiger partial charge is 0.478 e. The van der Waals surface area contributed by atoms with Gasteiger partial charge in [0.1, 0.15) is 0 Å². The van der Waals surface area contributed by atoms with Gasteiger partial charge in [-0.25, -0.2) is 4.79 Å². The second kappa shape index (κ2) is 6.30. The third kappa shape index (κ3) is 3.65. The molecule has 0 spiro atoms. The Kier molecular flexibility index (Phi) is 4.48. The number of aromatic nitrogens is 1. The number of rotatable bonds is 5. The van der Waals surface area contributed by atoms with Crippen LogP contribution in [0.2, 0.25) is 0 Å². The van der Waals surface area contributed by atoms with Crippen LogP contribution >= 0.6 is 0 Å². The summed E-state index contributed by atoms with van der Waals surface area (Å²) < 4.78 is 0. The van der Waals surface area contributed by atoms with Gasteiger partial charge in [0.2, 0.25) is 0 Å². The molecule has 0 fully saturated rings. The summed E-state index contributed by atoms with van der Waals surface area (Å²) >= 11 is 0. The number of benzene rings is 1. The normalized spacial score (nSPS) is 10.8. The fourth-order valence-corrected chi connectivity index (χ4v) is 2.16. The summed E-state index contributed by atoms with van der Waals surface area (Å²) in [6.07, 6.45) is 3.62. The van der Waals surface area contributed by atoms with Crippen molar-refractivity contribution in [2.24, 2.45) is 0 Å². The van der Waals surface area contributed by atoms with Crippen molar-refractivity contribution in [1.82, 2.24) is 9.88 Å². The molecule has 1 N–H and O–H groups in total. The van der Waals surface area contributed by atoms with Gasteiger partial charge in [-0.3, -0.25) is 9.88 Å². The van der Waals surface area contributed by atoms with E-state index in [1.807, 2.05) is 38.4 Å². The SMILES string of the molecule is Cc1cc(C(=O)O)ccc1CN(C)Cc1cccnc1. The zero-order chi connectivity index (χ0) is 14.5. The minimum atomic E-state index is -0.886. The van der Waals surface area contributed by atoms with E-state index in [9.17, 15) is 4.79 Å². The highest BCUT2D eigenvalue weighted by Crippen LogP contribution is 2.14. The molecule has 1 aromatic heterocycles. The Labute approximate surface area is 118 Å². The first kappa shape index (κ1) is 14.2. The number of hydrogen-bond donors (Lipinski definition) is 1. The molecule has 0 aliphatic heterocycles. The smallest absolute Gasteiger partial charge is 0.335 e. The monoisotopic (exact) mass is 270 g/mol. The van der Waals surface area contributed by atoms with E-state index in [1.54, 1.807) is 18.3 Å². The molecule has 104 valence electrons. The lowest BCUT2D eigenvalue weighted by molar-refractivity contribution is 0.0696. The Morgan fingerprint density at radius 1 is 1.30 bits per heavy atom. The molecule has 2 rings (SSSR count). The molecule has 1 heterocycles. The van der Waals surface area contributed by atoms with Crippen molar-refractivity contribution in [1.29, 1.82) is 0 Å². The quantitative estimate of drug-likeness (QED) is 0.907. The van der Waals surface area contributed by atoms with Crippen LogP contribution in [-0.4, -0.2) is 28.0 Å². The zero-order valence-electron chi connectivity index (χ0n) is 11.7. The van der Waals surface area contributed by atoms with Crippen LogP contribution in [0.5, 0.6) is 0 Å².